The van der Waals surface area contributed by atoms with E-state index in [1.54, 1.807) is 19.9 Å². The Morgan fingerprint density at radius 1 is 1.00 bits per heavy atom. The number of carbonyl (C=O) groups is 1. The monoisotopic (exact) mass is 480 g/mol. The fraction of sp³-hybridized carbons (Fsp3) is 0.190. The lowest BCUT2D eigenvalue weighted by Gasteiger charge is -2.11. The van der Waals surface area contributed by atoms with Gasteiger partial charge >= 0.3 is 6.18 Å². The van der Waals surface area contributed by atoms with Gasteiger partial charge in [-0.15, -0.1) is 0 Å². The fourth-order valence-electron chi connectivity index (χ4n) is 2.78. The van der Waals surface area contributed by atoms with Crippen molar-refractivity contribution in [2.24, 2.45) is 0 Å². The number of ether oxygens (including phenoxy) is 1. The first kappa shape index (κ1) is 24.0. The summed E-state index contributed by atoms with van der Waals surface area (Å²) in [5.41, 5.74) is 0.586. The van der Waals surface area contributed by atoms with Crippen LogP contribution in [0.2, 0.25) is 0 Å². The number of hydrogen-bond acceptors (Lipinski definition) is 6. The molecule has 2 aromatic carbocycles. The highest BCUT2D eigenvalue weighted by atomic mass is 32.2. The van der Waals surface area contributed by atoms with Crippen molar-refractivity contribution in [3.63, 3.8) is 0 Å². The molecule has 0 aliphatic heterocycles. The van der Waals surface area contributed by atoms with Crippen molar-refractivity contribution in [1.82, 2.24) is 9.97 Å². The predicted octanol–water partition coefficient (Wildman–Crippen LogP) is 3.93. The number of nitrogens with zero attached hydrogens (tertiary/aromatic N) is 2. The Kier molecular flexibility index (Phi) is 6.86. The molecule has 3 rings (SSSR count). The van der Waals surface area contributed by atoms with Gasteiger partial charge < -0.3 is 10.1 Å². The van der Waals surface area contributed by atoms with Gasteiger partial charge in [0.15, 0.2) is 6.61 Å². The normalized spacial score (nSPS) is 11.7. The molecular formula is C21H19F3N4O4S. The number of halogens is 3. The van der Waals surface area contributed by atoms with Crippen LogP contribution in [0.5, 0.6) is 5.75 Å². The summed E-state index contributed by atoms with van der Waals surface area (Å²) < 4.78 is 70.7. The van der Waals surface area contributed by atoms with Gasteiger partial charge in [-0.3, -0.25) is 4.79 Å². The number of rotatable bonds is 7. The number of sulfonamides is 1. The minimum atomic E-state index is -4.52. The van der Waals surface area contributed by atoms with E-state index in [1.165, 1.54) is 36.4 Å². The summed E-state index contributed by atoms with van der Waals surface area (Å²) in [5, 5.41) is 2.47. The van der Waals surface area contributed by atoms with Crippen molar-refractivity contribution in [2.45, 2.75) is 24.9 Å². The molecule has 3 aromatic rings. The molecule has 33 heavy (non-hydrogen) atoms. The zero-order valence-electron chi connectivity index (χ0n) is 17.5. The Morgan fingerprint density at radius 3 is 2.24 bits per heavy atom. The van der Waals surface area contributed by atoms with Crippen LogP contribution in [0.4, 0.5) is 24.8 Å². The van der Waals surface area contributed by atoms with Crippen LogP contribution >= 0.6 is 0 Å². The predicted molar refractivity (Wildman–Crippen MR) is 114 cm³/mol. The summed E-state index contributed by atoms with van der Waals surface area (Å²) in [6.45, 7) is 2.88. The van der Waals surface area contributed by atoms with Crippen LogP contribution in [0.3, 0.4) is 0 Å². The summed E-state index contributed by atoms with van der Waals surface area (Å²) in [5.74, 6) is -0.803. The minimum absolute atomic E-state index is 0.0587. The molecule has 1 heterocycles. The maximum absolute atomic E-state index is 12.7. The van der Waals surface area contributed by atoms with Crippen LogP contribution < -0.4 is 14.8 Å². The average molecular weight is 480 g/mol. The summed E-state index contributed by atoms with van der Waals surface area (Å²) in [6.07, 6.45) is -4.52. The lowest BCUT2D eigenvalue weighted by atomic mass is 10.2. The van der Waals surface area contributed by atoms with Gasteiger partial charge in [0.25, 0.3) is 15.9 Å². The van der Waals surface area contributed by atoms with Gasteiger partial charge in [-0.1, -0.05) is 6.07 Å². The number of nitrogens with one attached hydrogen (secondary N) is 2. The highest BCUT2D eigenvalue weighted by molar-refractivity contribution is 7.92. The van der Waals surface area contributed by atoms with E-state index in [-0.39, 0.29) is 22.3 Å². The third kappa shape index (κ3) is 6.65. The average Bonchev–Trinajstić information content (AvgIpc) is 2.71. The lowest BCUT2D eigenvalue weighted by molar-refractivity contribution is -0.137. The molecule has 0 saturated carbocycles. The van der Waals surface area contributed by atoms with Crippen LogP contribution in [0.25, 0.3) is 0 Å². The molecule has 0 spiro atoms. The topological polar surface area (TPSA) is 110 Å². The first-order chi connectivity index (χ1) is 15.4. The molecule has 0 unspecified atom stereocenters. The fourth-order valence-corrected chi connectivity index (χ4v) is 3.72. The first-order valence-corrected chi connectivity index (χ1v) is 11.0. The number of carbonyl (C=O) groups excluding carboxylic acids is 1. The smallest absolute Gasteiger partial charge is 0.416 e. The highest BCUT2D eigenvalue weighted by Gasteiger charge is 2.30. The van der Waals surface area contributed by atoms with Gasteiger partial charge in [-0.05, 0) is 62.4 Å². The molecule has 0 aliphatic rings. The summed E-state index contributed by atoms with van der Waals surface area (Å²) >= 11 is 0. The molecule has 12 heteroatoms. The van der Waals surface area contributed by atoms with E-state index in [2.05, 4.69) is 20.0 Å². The van der Waals surface area contributed by atoms with Crippen molar-refractivity contribution in [3.05, 3.63) is 71.5 Å². The Balaban J connectivity index is 1.60. The Bertz CT molecular complexity index is 1240. The second-order valence-electron chi connectivity index (χ2n) is 6.97. The number of anilines is 2. The SMILES string of the molecule is Cc1cc(C)nc(NS(=O)(=O)c2ccc(NC(=O)COc3cccc(C(F)(F)F)c3)cc2)n1. The number of hydrogen-bond donors (Lipinski definition) is 2. The van der Waals surface area contributed by atoms with Gasteiger partial charge in [0.1, 0.15) is 5.75 Å². The second-order valence-corrected chi connectivity index (χ2v) is 8.65. The van der Waals surface area contributed by atoms with E-state index in [9.17, 15) is 26.4 Å². The summed E-state index contributed by atoms with van der Waals surface area (Å²) in [6, 6.07) is 11.1. The molecule has 1 aromatic heterocycles. The van der Waals surface area contributed by atoms with E-state index in [0.29, 0.717) is 11.4 Å². The Labute approximate surface area is 187 Å². The van der Waals surface area contributed by atoms with E-state index >= 15 is 0 Å². The van der Waals surface area contributed by atoms with Crippen molar-refractivity contribution in [2.75, 3.05) is 16.6 Å². The first-order valence-electron chi connectivity index (χ1n) is 9.47. The molecule has 174 valence electrons. The molecular weight excluding hydrogens is 461 g/mol. The van der Waals surface area contributed by atoms with Gasteiger partial charge in [0.05, 0.1) is 10.5 Å². The van der Waals surface area contributed by atoms with Gasteiger partial charge in [0.2, 0.25) is 5.95 Å². The largest absolute Gasteiger partial charge is 0.484 e. The van der Waals surface area contributed by atoms with Gasteiger partial charge in [-0.2, -0.15) is 13.2 Å². The number of alkyl halides is 3. The molecule has 8 nitrogen and oxygen atoms in total. The van der Waals surface area contributed by atoms with E-state index < -0.39 is 34.3 Å². The number of aryl methyl sites for hydroxylation is 2. The molecule has 1 amide bonds. The number of benzene rings is 2. The zero-order chi connectivity index (χ0) is 24.2. The van der Waals surface area contributed by atoms with Gasteiger partial charge in [-0.25, -0.2) is 23.1 Å². The third-order valence-electron chi connectivity index (χ3n) is 4.19. The minimum Gasteiger partial charge on any atom is -0.484 e. The van der Waals surface area contributed by atoms with Crippen LogP contribution in [-0.2, 0) is 21.0 Å². The molecule has 0 atom stereocenters. The lowest BCUT2D eigenvalue weighted by Crippen LogP contribution is -2.20. The molecule has 0 fully saturated rings. The molecule has 2 N–H and O–H groups in total. The number of amides is 1. The molecule has 0 bridgehead atoms. The van der Waals surface area contributed by atoms with Crippen molar-refractivity contribution in [3.8, 4) is 5.75 Å². The van der Waals surface area contributed by atoms with E-state index in [4.69, 9.17) is 4.74 Å². The second kappa shape index (κ2) is 9.45. The highest BCUT2D eigenvalue weighted by Crippen LogP contribution is 2.31. The van der Waals surface area contributed by atoms with Crippen LogP contribution in [-0.4, -0.2) is 30.9 Å². The van der Waals surface area contributed by atoms with Crippen LogP contribution in [0.1, 0.15) is 17.0 Å². The summed E-state index contributed by atoms with van der Waals surface area (Å²) in [4.78, 5) is 20.0. The zero-order valence-corrected chi connectivity index (χ0v) is 18.3. The van der Waals surface area contributed by atoms with Crippen LogP contribution in [0, 0.1) is 13.8 Å². The van der Waals surface area contributed by atoms with E-state index in [0.717, 1.165) is 12.1 Å². The van der Waals surface area contributed by atoms with Crippen molar-refractivity contribution in [1.29, 1.82) is 0 Å². The maximum Gasteiger partial charge on any atom is 0.416 e. The Hall–Kier alpha value is -3.67. The summed E-state index contributed by atoms with van der Waals surface area (Å²) in [7, 11) is -3.96. The molecule has 0 saturated heterocycles. The maximum atomic E-state index is 12.7. The van der Waals surface area contributed by atoms with Crippen molar-refractivity contribution >= 4 is 27.6 Å². The Morgan fingerprint density at radius 2 is 1.64 bits per heavy atom. The quantitative estimate of drug-likeness (QED) is 0.530. The third-order valence-corrected chi connectivity index (χ3v) is 5.53. The molecule has 0 radical (unpaired) electrons. The number of aromatic nitrogens is 2. The molecule has 0 aliphatic carbocycles. The van der Waals surface area contributed by atoms with Gasteiger partial charge in [0, 0.05) is 17.1 Å². The van der Waals surface area contributed by atoms with Crippen LogP contribution in [0.15, 0.2) is 59.5 Å². The van der Waals surface area contributed by atoms with Crippen molar-refractivity contribution < 1.29 is 31.1 Å². The van der Waals surface area contributed by atoms with E-state index in [1.807, 2.05) is 0 Å². The standard InChI is InChI=1S/C21H19F3N4O4S/c1-13-10-14(2)26-20(25-13)28-33(30,31)18-8-6-16(7-9-18)27-19(29)12-32-17-5-3-4-15(11-17)21(22,23)24/h3-11H,12H2,1-2H3,(H,27,29)(H,25,26,28).